The summed E-state index contributed by atoms with van der Waals surface area (Å²) in [6, 6.07) is 12.7. The van der Waals surface area contributed by atoms with Crippen molar-refractivity contribution >= 4 is 32.0 Å². The molecule has 2 heterocycles. The van der Waals surface area contributed by atoms with E-state index >= 15 is 0 Å². The van der Waals surface area contributed by atoms with E-state index in [9.17, 15) is 25.9 Å². The standard InChI is InChI=1S/C37H48N2O7S2/c1-8-21-37(7)32-26-29(48(43,44)45)18-20-33(32)39(22-14-23-47(40,41)42)35(37)16-13-11-12-15-28-25-31(36(4,5)6)30-19-17-27(24-34(30)46-28)38(9-2)10-3/h11-13,15-20,24-26H,8-10,14,21-23H2,1-7H3,(H-,40,41,42,43,44,45)/p-1. The molecule has 1 unspecified atom stereocenters. The number of hydrogen-bond donors (Lipinski definition) is 0. The monoisotopic (exact) mass is 695 g/mol. The van der Waals surface area contributed by atoms with Crippen molar-refractivity contribution in [3.63, 3.8) is 0 Å². The van der Waals surface area contributed by atoms with Gasteiger partial charge in [0, 0.05) is 40.7 Å². The second kappa shape index (κ2) is 14.5. The van der Waals surface area contributed by atoms with Gasteiger partial charge in [0.15, 0.2) is 0 Å². The van der Waals surface area contributed by atoms with Crippen LogP contribution in [0.5, 0.6) is 0 Å². The van der Waals surface area contributed by atoms with Gasteiger partial charge in [-0.3, -0.25) is 0 Å². The van der Waals surface area contributed by atoms with Gasteiger partial charge in [-0.05, 0) is 92.6 Å². The highest BCUT2D eigenvalue weighted by atomic mass is 32.2. The van der Waals surface area contributed by atoms with Crippen molar-refractivity contribution in [3.05, 3.63) is 94.7 Å². The molecular formula is C37H47N2O7S2-. The van der Waals surface area contributed by atoms with Crippen molar-refractivity contribution in [1.29, 1.82) is 0 Å². The fraction of sp³-hybridized carbons (Fsp3) is 0.432. The van der Waals surface area contributed by atoms with Crippen LogP contribution in [0.1, 0.15) is 84.6 Å². The van der Waals surface area contributed by atoms with Gasteiger partial charge in [0.25, 0.3) is 0 Å². The highest BCUT2D eigenvalue weighted by Gasteiger charge is 2.43. The number of fused-ring (bicyclic) bond motifs is 2. The van der Waals surface area contributed by atoms with E-state index in [-0.39, 0.29) is 23.3 Å². The summed E-state index contributed by atoms with van der Waals surface area (Å²) >= 11 is 0. The third kappa shape index (κ3) is 8.37. The SMILES string of the molecule is CCCC1(C)/C(=C/C=C/C=C/c2cc(C(C)(C)C)c3ccc(=[N+](CC)CC)cc-3o2)N(CCCS(=O)(=O)[O-])c2ccc(S(=O)(=O)[O-])cc21. The molecule has 1 atom stereocenters. The predicted octanol–water partition coefficient (Wildman–Crippen LogP) is 6.36. The van der Waals surface area contributed by atoms with Gasteiger partial charge < -0.3 is 18.4 Å². The molecule has 0 N–H and O–H groups in total. The van der Waals surface area contributed by atoms with E-state index in [1.165, 1.54) is 17.7 Å². The third-order valence-corrected chi connectivity index (χ3v) is 10.6. The molecule has 1 aliphatic carbocycles. The van der Waals surface area contributed by atoms with Crippen LogP contribution in [0.2, 0.25) is 0 Å². The Morgan fingerprint density at radius 1 is 0.938 bits per heavy atom. The fourth-order valence-corrected chi connectivity index (χ4v) is 7.61. The lowest BCUT2D eigenvalue weighted by atomic mass is 9.77. The maximum Gasteiger partial charge on any atom is 0.203 e. The normalized spacial score (nSPS) is 18.1. The van der Waals surface area contributed by atoms with Crippen molar-refractivity contribution in [2.45, 2.75) is 83.5 Å². The van der Waals surface area contributed by atoms with Crippen LogP contribution in [0.4, 0.5) is 5.69 Å². The summed E-state index contributed by atoms with van der Waals surface area (Å²) in [5, 5.41) is 1.11. The third-order valence-electron chi connectivity index (χ3n) is 8.97. The molecule has 0 aromatic heterocycles. The summed E-state index contributed by atoms with van der Waals surface area (Å²) in [6.45, 7) is 16.8. The van der Waals surface area contributed by atoms with E-state index in [0.29, 0.717) is 23.4 Å². The highest BCUT2D eigenvalue weighted by molar-refractivity contribution is 7.86. The molecule has 4 rings (SSSR count). The van der Waals surface area contributed by atoms with Gasteiger partial charge in [-0.25, -0.2) is 21.4 Å². The molecule has 0 amide bonds. The largest absolute Gasteiger partial charge is 0.748 e. The van der Waals surface area contributed by atoms with Crippen molar-refractivity contribution in [2.75, 3.05) is 30.3 Å². The Bertz CT molecular complexity index is 1990. The maximum atomic E-state index is 11.9. The van der Waals surface area contributed by atoms with Gasteiger partial charge in [-0.15, -0.1) is 0 Å². The molecule has 1 aromatic carbocycles. The Labute approximate surface area is 285 Å². The van der Waals surface area contributed by atoms with Crippen LogP contribution in [0.15, 0.2) is 81.8 Å². The molecule has 0 fully saturated rings. The molecule has 9 nitrogen and oxygen atoms in total. The first-order valence-corrected chi connectivity index (χ1v) is 19.4. The molecule has 0 bridgehead atoms. The van der Waals surface area contributed by atoms with Crippen molar-refractivity contribution in [1.82, 2.24) is 4.58 Å². The maximum absolute atomic E-state index is 11.9. The average Bonchev–Trinajstić information content (AvgIpc) is 3.22. The van der Waals surface area contributed by atoms with Crippen LogP contribution in [-0.2, 0) is 31.1 Å². The highest BCUT2D eigenvalue weighted by Crippen LogP contribution is 2.51. The summed E-state index contributed by atoms with van der Waals surface area (Å²) in [6.07, 6.45) is 11.0. The number of nitrogens with zero attached hydrogens (tertiary/aromatic N) is 2. The van der Waals surface area contributed by atoms with Crippen LogP contribution in [0.3, 0.4) is 0 Å². The zero-order chi connectivity index (χ0) is 35.5. The summed E-state index contributed by atoms with van der Waals surface area (Å²) in [5.41, 5.74) is 3.66. The molecule has 1 aromatic rings. The Balaban J connectivity index is 1.75. The van der Waals surface area contributed by atoms with Crippen LogP contribution in [0.25, 0.3) is 17.4 Å². The summed E-state index contributed by atoms with van der Waals surface area (Å²) in [4.78, 5) is 1.61. The first-order chi connectivity index (χ1) is 22.4. The Morgan fingerprint density at radius 2 is 1.65 bits per heavy atom. The quantitative estimate of drug-likeness (QED) is 0.121. The second-order valence-electron chi connectivity index (χ2n) is 13.4. The zero-order valence-electron chi connectivity index (χ0n) is 28.9. The summed E-state index contributed by atoms with van der Waals surface area (Å²) < 4.78 is 78.5. The molecule has 2 aliphatic heterocycles. The minimum atomic E-state index is -4.69. The topological polar surface area (TPSA) is 134 Å². The molecule has 0 spiro atoms. The number of anilines is 1. The van der Waals surface area contributed by atoms with Gasteiger partial charge >= 0.3 is 0 Å². The smallest absolute Gasteiger partial charge is 0.203 e. The molecule has 3 aliphatic rings. The predicted molar refractivity (Wildman–Crippen MR) is 190 cm³/mol. The molecule has 0 saturated heterocycles. The minimum Gasteiger partial charge on any atom is -0.748 e. The summed E-state index contributed by atoms with van der Waals surface area (Å²) in [5.74, 6) is 0.994. The van der Waals surface area contributed by atoms with Gasteiger partial charge in [0.1, 0.15) is 34.7 Å². The Kier molecular flexibility index (Phi) is 11.3. The van der Waals surface area contributed by atoms with Crippen LogP contribution >= 0.6 is 0 Å². The van der Waals surface area contributed by atoms with E-state index in [2.05, 4.69) is 63.5 Å². The molecule has 0 saturated carbocycles. The minimum absolute atomic E-state index is 0.0889. The molecular weight excluding hydrogens is 649 g/mol. The van der Waals surface area contributed by atoms with Crippen molar-refractivity contribution in [2.24, 2.45) is 0 Å². The van der Waals surface area contributed by atoms with Crippen LogP contribution in [0, 0.1) is 0 Å². The Morgan fingerprint density at radius 3 is 2.25 bits per heavy atom. The Hall–Kier alpha value is -3.51. The second-order valence-corrected chi connectivity index (χ2v) is 16.3. The van der Waals surface area contributed by atoms with Crippen molar-refractivity contribution < 1.29 is 30.4 Å². The average molecular weight is 696 g/mol. The first-order valence-electron chi connectivity index (χ1n) is 16.5. The number of allylic oxidation sites excluding steroid dienone is 5. The zero-order valence-corrected chi connectivity index (χ0v) is 30.6. The van der Waals surface area contributed by atoms with E-state index in [0.717, 1.165) is 41.9 Å². The van der Waals surface area contributed by atoms with Crippen LogP contribution in [-0.4, -0.2) is 51.3 Å². The van der Waals surface area contributed by atoms with Gasteiger partial charge in [0.05, 0.1) is 21.1 Å². The molecule has 11 heteroatoms. The van der Waals surface area contributed by atoms with E-state index in [4.69, 9.17) is 4.42 Å². The van der Waals surface area contributed by atoms with Gasteiger partial charge in [-0.2, -0.15) is 0 Å². The molecule has 48 heavy (non-hydrogen) atoms. The van der Waals surface area contributed by atoms with Crippen LogP contribution < -0.4 is 14.8 Å². The lowest BCUT2D eigenvalue weighted by Gasteiger charge is -2.30. The van der Waals surface area contributed by atoms with E-state index < -0.39 is 31.4 Å². The first kappa shape index (κ1) is 37.3. The lowest BCUT2D eigenvalue weighted by molar-refractivity contribution is 0.459. The van der Waals surface area contributed by atoms with E-state index in [1.807, 2.05) is 49.1 Å². The van der Waals surface area contributed by atoms with E-state index in [1.54, 1.807) is 6.07 Å². The van der Waals surface area contributed by atoms with Gasteiger partial charge in [0.2, 0.25) is 5.36 Å². The fourth-order valence-electron chi connectivity index (χ4n) is 6.63. The lowest BCUT2D eigenvalue weighted by Crippen LogP contribution is -2.30. The van der Waals surface area contributed by atoms with Crippen molar-refractivity contribution in [3.8, 4) is 11.3 Å². The molecule has 0 radical (unpaired) electrons. The number of benzene rings is 2. The number of hydrogen-bond acceptors (Lipinski definition) is 8. The molecule has 260 valence electrons. The number of rotatable bonds is 12. The summed E-state index contributed by atoms with van der Waals surface area (Å²) in [7, 11) is -9.10. The van der Waals surface area contributed by atoms with Gasteiger partial charge in [-0.1, -0.05) is 52.3 Å².